The lowest BCUT2D eigenvalue weighted by Crippen LogP contribution is -2.47. The van der Waals surface area contributed by atoms with Crippen LogP contribution in [0.5, 0.6) is 0 Å². The van der Waals surface area contributed by atoms with Gasteiger partial charge in [0.15, 0.2) is 6.19 Å². The van der Waals surface area contributed by atoms with E-state index >= 15 is 0 Å². The number of aromatic carboxylic acids is 1. The summed E-state index contributed by atoms with van der Waals surface area (Å²) in [7, 11) is 1.17. The Morgan fingerprint density at radius 2 is 1.66 bits per heavy atom. The molecule has 0 heterocycles. The molecule has 10 heteroatoms. The third-order valence-electron chi connectivity index (χ3n) is 5.23. The van der Waals surface area contributed by atoms with Crippen LogP contribution in [0, 0.1) is 23.1 Å². The lowest BCUT2D eigenvalue weighted by Gasteiger charge is -2.21. The van der Waals surface area contributed by atoms with E-state index < -0.39 is 47.4 Å². The largest absolute Gasteiger partial charge is 0.478 e. The van der Waals surface area contributed by atoms with Gasteiger partial charge in [0.1, 0.15) is 17.7 Å². The number of rotatable bonds is 7. The van der Waals surface area contributed by atoms with Crippen molar-refractivity contribution in [3.8, 4) is 17.3 Å². The minimum absolute atomic E-state index is 0.0366. The van der Waals surface area contributed by atoms with Crippen LogP contribution in [0.25, 0.3) is 11.1 Å². The van der Waals surface area contributed by atoms with Crippen LogP contribution in [0.4, 0.5) is 8.78 Å². The number of amides is 2. The van der Waals surface area contributed by atoms with Crippen LogP contribution in [-0.4, -0.2) is 40.9 Å². The zero-order valence-electron chi connectivity index (χ0n) is 18.3. The molecule has 2 N–H and O–H groups in total. The molecule has 0 saturated carbocycles. The molecule has 0 aliphatic rings. The zero-order valence-corrected chi connectivity index (χ0v) is 19.0. The van der Waals surface area contributed by atoms with Gasteiger partial charge in [-0.1, -0.05) is 29.8 Å². The third-order valence-corrected chi connectivity index (χ3v) is 5.55. The number of likely N-dealkylation sites (N-methyl/N-ethyl adjacent to an activating group) is 1. The number of hydrogen-bond acceptors (Lipinski definition) is 4. The topological polar surface area (TPSA) is 111 Å². The third kappa shape index (κ3) is 5.80. The molecule has 0 spiro atoms. The van der Waals surface area contributed by atoms with Crippen LogP contribution in [0.1, 0.15) is 26.3 Å². The highest BCUT2D eigenvalue weighted by Gasteiger charge is 2.27. The van der Waals surface area contributed by atoms with E-state index in [-0.39, 0.29) is 11.1 Å². The maximum absolute atomic E-state index is 14.1. The highest BCUT2D eigenvalue weighted by Crippen LogP contribution is 2.29. The van der Waals surface area contributed by atoms with Crippen LogP contribution in [0.15, 0.2) is 60.7 Å². The molecule has 35 heavy (non-hydrogen) atoms. The predicted molar refractivity (Wildman–Crippen MR) is 124 cm³/mol. The molecule has 0 aliphatic heterocycles. The Balaban J connectivity index is 1.86. The van der Waals surface area contributed by atoms with E-state index in [1.807, 2.05) is 0 Å². The van der Waals surface area contributed by atoms with Gasteiger partial charge in [0.25, 0.3) is 11.8 Å². The first-order valence-electron chi connectivity index (χ1n) is 10.2. The molecule has 3 rings (SSSR count). The van der Waals surface area contributed by atoms with Gasteiger partial charge in [-0.05, 0) is 48.0 Å². The second-order valence-electron chi connectivity index (χ2n) is 7.50. The average molecular weight is 498 g/mol. The molecule has 0 unspecified atom stereocenters. The van der Waals surface area contributed by atoms with Crippen molar-refractivity contribution in [2.75, 3.05) is 7.05 Å². The number of nitriles is 1. The van der Waals surface area contributed by atoms with E-state index in [1.54, 1.807) is 6.19 Å². The summed E-state index contributed by atoms with van der Waals surface area (Å²) in [6.07, 6.45) is 1.10. The van der Waals surface area contributed by atoms with Crippen molar-refractivity contribution in [1.82, 2.24) is 10.2 Å². The lowest BCUT2D eigenvalue weighted by molar-refractivity contribution is -0.129. The molecule has 178 valence electrons. The highest BCUT2D eigenvalue weighted by atomic mass is 35.5. The summed E-state index contributed by atoms with van der Waals surface area (Å²) >= 11 is 6.19. The smallest absolute Gasteiger partial charge is 0.335 e. The van der Waals surface area contributed by atoms with E-state index in [9.17, 15) is 28.3 Å². The predicted octanol–water partition coefficient (Wildman–Crippen LogP) is 4.26. The first-order chi connectivity index (χ1) is 16.6. The molecule has 0 aliphatic carbocycles. The van der Waals surface area contributed by atoms with Crippen molar-refractivity contribution < 1.29 is 28.3 Å². The molecule has 0 fully saturated rings. The van der Waals surface area contributed by atoms with Gasteiger partial charge in [-0.3, -0.25) is 14.5 Å². The second-order valence-corrected chi connectivity index (χ2v) is 7.91. The number of benzene rings is 3. The summed E-state index contributed by atoms with van der Waals surface area (Å²) in [4.78, 5) is 37.3. The summed E-state index contributed by atoms with van der Waals surface area (Å²) in [6.45, 7) is 0. The van der Waals surface area contributed by atoms with Gasteiger partial charge in [-0.15, -0.1) is 0 Å². The van der Waals surface area contributed by atoms with Gasteiger partial charge >= 0.3 is 5.97 Å². The van der Waals surface area contributed by atoms with Crippen LogP contribution < -0.4 is 5.32 Å². The van der Waals surface area contributed by atoms with Crippen LogP contribution in [0.3, 0.4) is 0 Å². The Hall–Kier alpha value is -4.29. The molecule has 0 bridgehead atoms. The number of carboxylic acids is 1. The van der Waals surface area contributed by atoms with Gasteiger partial charge in [-0.25, -0.2) is 13.6 Å². The van der Waals surface area contributed by atoms with Crippen LogP contribution >= 0.6 is 11.6 Å². The van der Waals surface area contributed by atoms with Crippen molar-refractivity contribution in [3.63, 3.8) is 0 Å². The van der Waals surface area contributed by atoms with Gasteiger partial charge in [0, 0.05) is 35.2 Å². The van der Waals surface area contributed by atoms with Crippen molar-refractivity contribution in [2.24, 2.45) is 0 Å². The fraction of sp³-hybridized carbons (Fsp3) is 0.120. The van der Waals surface area contributed by atoms with E-state index in [0.29, 0.717) is 21.0 Å². The lowest BCUT2D eigenvalue weighted by atomic mass is 10.0. The van der Waals surface area contributed by atoms with E-state index in [4.69, 9.17) is 16.9 Å². The number of nitrogens with one attached hydrogen (secondary N) is 1. The Labute approximate surface area is 204 Å². The molecule has 0 aromatic heterocycles. The van der Waals surface area contributed by atoms with E-state index in [2.05, 4.69) is 5.32 Å². The number of nitrogens with zero attached hydrogens (tertiary/aromatic N) is 2. The second kappa shape index (κ2) is 10.8. The first-order valence-corrected chi connectivity index (χ1v) is 10.5. The summed E-state index contributed by atoms with van der Waals surface area (Å²) in [6, 6.07) is 11.9. The molecule has 3 aromatic carbocycles. The highest BCUT2D eigenvalue weighted by molar-refractivity contribution is 6.33. The van der Waals surface area contributed by atoms with E-state index in [0.717, 1.165) is 12.1 Å². The molecule has 7 nitrogen and oxygen atoms in total. The standard InChI is InChI=1S/C25H18ClF2N3O4/c1-31(13-29)24(33)22(12-18-20(27)3-2-4-21(18)28)30-23(32)15-7-5-14(6-8-15)17-11-16(25(34)35)9-10-19(17)26/h2-11,22H,12H2,1H3,(H,30,32)(H,34,35)/t22-/m0/s1. The fourth-order valence-electron chi connectivity index (χ4n) is 3.34. The van der Waals surface area contributed by atoms with Crippen molar-refractivity contribution >= 4 is 29.4 Å². The molecule has 2 amide bonds. The van der Waals surface area contributed by atoms with Crippen LogP contribution in [0.2, 0.25) is 5.02 Å². The van der Waals surface area contributed by atoms with Crippen molar-refractivity contribution in [2.45, 2.75) is 12.5 Å². The number of hydrogen-bond donors (Lipinski definition) is 2. The Kier molecular flexibility index (Phi) is 7.79. The quantitative estimate of drug-likeness (QED) is 0.374. The SMILES string of the molecule is CN(C#N)C(=O)[C@H](Cc1c(F)cccc1F)NC(=O)c1ccc(-c2cc(C(=O)O)ccc2Cl)cc1. The van der Waals surface area contributed by atoms with Crippen molar-refractivity contribution in [1.29, 1.82) is 5.26 Å². The Morgan fingerprint density at radius 3 is 2.23 bits per heavy atom. The normalized spacial score (nSPS) is 11.3. The number of carbonyl (C=O) groups is 3. The van der Waals surface area contributed by atoms with Crippen molar-refractivity contribution in [3.05, 3.63) is 94.0 Å². The molecule has 3 aromatic rings. The summed E-state index contributed by atoms with van der Waals surface area (Å²) in [5.41, 5.74) is 0.734. The van der Waals surface area contributed by atoms with Gasteiger partial charge in [0.05, 0.1) is 5.56 Å². The summed E-state index contributed by atoms with van der Waals surface area (Å²) in [5, 5.41) is 21.0. The fourth-order valence-corrected chi connectivity index (χ4v) is 3.56. The number of halogens is 3. The zero-order chi connectivity index (χ0) is 25.7. The van der Waals surface area contributed by atoms with Gasteiger partial charge in [0.2, 0.25) is 0 Å². The monoisotopic (exact) mass is 497 g/mol. The Morgan fingerprint density at radius 1 is 1.06 bits per heavy atom. The minimum atomic E-state index is -1.42. The number of carboxylic acid groups (broad SMARTS) is 1. The van der Waals surface area contributed by atoms with Gasteiger partial charge in [-0.2, -0.15) is 5.26 Å². The van der Waals surface area contributed by atoms with Crippen LogP contribution in [-0.2, 0) is 11.2 Å². The first kappa shape index (κ1) is 25.3. The maximum Gasteiger partial charge on any atom is 0.335 e. The average Bonchev–Trinajstić information content (AvgIpc) is 2.84. The molecule has 1 atom stereocenters. The summed E-state index contributed by atoms with van der Waals surface area (Å²) < 4.78 is 28.3. The van der Waals surface area contributed by atoms with E-state index in [1.165, 1.54) is 55.6 Å². The molecular weight excluding hydrogens is 480 g/mol. The molecule has 0 saturated heterocycles. The minimum Gasteiger partial charge on any atom is -0.478 e. The Bertz CT molecular complexity index is 1320. The maximum atomic E-state index is 14.1. The van der Waals surface area contributed by atoms with Gasteiger partial charge < -0.3 is 10.4 Å². The molecular formula is C25H18ClF2N3O4. The summed E-state index contributed by atoms with van der Waals surface area (Å²) in [5.74, 6) is -4.47. The molecule has 0 radical (unpaired) electrons. The number of carbonyl (C=O) groups excluding carboxylic acids is 2.